The molecule has 3 N–H and O–H groups in total. The molecule has 0 spiro atoms. The summed E-state index contributed by atoms with van der Waals surface area (Å²) in [5.41, 5.74) is 2.34. The number of rotatable bonds is 7. The summed E-state index contributed by atoms with van der Waals surface area (Å²) in [6.07, 6.45) is 6.41. The quantitative estimate of drug-likeness (QED) is 0.366. The lowest BCUT2D eigenvalue weighted by atomic mass is 9.88. The van der Waals surface area contributed by atoms with Crippen molar-refractivity contribution in [1.29, 1.82) is 0 Å². The number of phenols is 1. The molecule has 2 aromatic carbocycles. The largest absolute Gasteiger partial charge is 0.507 e. The van der Waals surface area contributed by atoms with Crippen LogP contribution in [0.5, 0.6) is 5.75 Å². The van der Waals surface area contributed by atoms with Gasteiger partial charge in [-0.1, -0.05) is 24.3 Å². The van der Waals surface area contributed by atoms with Gasteiger partial charge in [-0.05, 0) is 122 Å². The number of nitrogens with one attached hydrogen (secondary N) is 1. The van der Waals surface area contributed by atoms with Gasteiger partial charge in [0, 0.05) is 56.9 Å². The van der Waals surface area contributed by atoms with E-state index in [1.54, 1.807) is 23.1 Å². The highest BCUT2D eigenvalue weighted by Gasteiger charge is 2.48. The Morgan fingerprint density at radius 3 is 2.27 bits per heavy atom. The number of amides is 4. The number of fused-ring (bicyclic) bond motifs is 1. The van der Waals surface area contributed by atoms with Crippen molar-refractivity contribution in [2.45, 2.75) is 88.0 Å². The molecule has 49 heavy (non-hydrogen) atoms. The van der Waals surface area contributed by atoms with Crippen LogP contribution in [0.4, 0.5) is 15.3 Å². The fourth-order valence-corrected chi connectivity index (χ4v) is 8.78. The van der Waals surface area contributed by atoms with Crippen LogP contribution in [0.1, 0.15) is 62.5 Å². The topological polar surface area (TPSA) is 126 Å². The number of halogens is 1. The maximum absolute atomic E-state index is 14.0. The SMILES string of the molecule is O=C(O[C@H](Cc1ccc(O)c(Br)c1)C(=O)N1CCC(N2CCC(C3(O)CC3)CC2)CC1)N1CCC(N2CCc3ccccc3NC2=O)CC1. The van der Waals surface area contributed by atoms with E-state index in [1.807, 2.05) is 34.1 Å². The van der Waals surface area contributed by atoms with E-state index >= 15 is 0 Å². The summed E-state index contributed by atoms with van der Waals surface area (Å²) in [5.74, 6) is 0.325. The third-order valence-corrected chi connectivity index (χ3v) is 12.2. The van der Waals surface area contributed by atoms with Crippen LogP contribution in [0.25, 0.3) is 0 Å². The molecule has 5 aliphatic rings. The van der Waals surface area contributed by atoms with Crippen LogP contribution in [0, 0.1) is 5.92 Å². The molecular weight excluding hydrogens is 690 g/mol. The summed E-state index contributed by atoms with van der Waals surface area (Å²) >= 11 is 3.37. The molecule has 4 amide bonds. The number of aromatic hydroxyl groups is 1. The summed E-state index contributed by atoms with van der Waals surface area (Å²) in [6, 6.07) is 13.3. The van der Waals surface area contributed by atoms with Crippen molar-refractivity contribution in [1.82, 2.24) is 19.6 Å². The first-order chi connectivity index (χ1) is 23.7. The molecule has 1 saturated carbocycles. The van der Waals surface area contributed by atoms with E-state index in [0.717, 1.165) is 74.8 Å². The number of likely N-dealkylation sites (tertiary alicyclic amines) is 3. The van der Waals surface area contributed by atoms with E-state index in [1.165, 1.54) is 0 Å². The zero-order valence-corrected chi connectivity index (χ0v) is 29.7. The van der Waals surface area contributed by atoms with Crippen molar-refractivity contribution in [2.24, 2.45) is 5.92 Å². The highest BCUT2D eigenvalue weighted by atomic mass is 79.9. The number of benzene rings is 2. The standard InChI is InChI=1S/C37H48BrN5O6/c38-30-23-25(5-6-32(30)44)24-33(34(45)41-18-10-28(11-19-41)40-16-8-27(9-17-40)37(48)14-15-37)49-36(47)42-20-12-29(13-21-42)43-22-7-26-3-1-2-4-31(26)39-35(43)46/h1-6,23,27-29,33,44,48H,7-22,24H2,(H,39,46)/t33-/m1/s1. The van der Waals surface area contributed by atoms with E-state index in [-0.39, 0.29) is 30.2 Å². The minimum absolute atomic E-state index is 0.00989. The maximum atomic E-state index is 14.0. The molecule has 11 nitrogen and oxygen atoms in total. The van der Waals surface area contributed by atoms with Crippen molar-refractivity contribution >= 4 is 39.6 Å². The lowest BCUT2D eigenvalue weighted by Gasteiger charge is -2.43. The van der Waals surface area contributed by atoms with Gasteiger partial charge in [-0.3, -0.25) is 4.79 Å². The number of piperidine rings is 3. The first-order valence-corrected chi connectivity index (χ1v) is 18.8. The van der Waals surface area contributed by atoms with E-state index in [9.17, 15) is 24.6 Å². The van der Waals surface area contributed by atoms with Gasteiger partial charge in [0.1, 0.15) is 5.75 Å². The smallest absolute Gasteiger partial charge is 0.410 e. The third-order valence-electron chi connectivity index (χ3n) is 11.6. The zero-order valence-electron chi connectivity index (χ0n) is 28.1. The first-order valence-electron chi connectivity index (χ1n) is 18.0. The number of aliphatic hydroxyl groups is 1. The Hall–Kier alpha value is -3.35. The second-order valence-electron chi connectivity index (χ2n) is 14.6. The number of para-hydroxylation sites is 1. The van der Waals surface area contributed by atoms with Crippen molar-refractivity contribution in [3.63, 3.8) is 0 Å². The third kappa shape index (κ3) is 7.71. The number of nitrogens with zero attached hydrogens (tertiary/aromatic N) is 4. The molecule has 12 heteroatoms. The number of carbonyl (C=O) groups is 3. The summed E-state index contributed by atoms with van der Waals surface area (Å²) in [7, 11) is 0. The average Bonchev–Trinajstić information content (AvgIpc) is 3.91. The number of anilines is 1. The van der Waals surface area contributed by atoms with Gasteiger partial charge >= 0.3 is 12.1 Å². The number of ether oxygens (including phenoxy) is 1. The molecule has 1 aliphatic carbocycles. The summed E-state index contributed by atoms with van der Waals surface area (Å²) in [4.78, 5) is 48.6. The molecule has 2 aromatic rings. The molecule has 0 radical (unpaired) electrons. The highest BCUT2D eigenvalue weighted by Crippen LogP contribution is 2.46. The second-order valence-corrected chi connectivity index (χ2v) is 15.4. The van der Waals surface area contributed by atoms with E-state index in [0.29, 0.717) is 62.0 Å². The second kappa shape index (κ2) is 14.5. The van der Waals surface area contributed by atoms with Gasteiger partial charge in [-0.15, -0.1) is 0 Å². The zero-order chi connectivity index (χ0) is 34.1. The van der Waals surface area contributed by atoms with Crippen molar-refractivity contribution in [3.8, 4) is 5.75 Å². The Kier molecular flexibility index (Phi) is 10.1. The van der Waals surface area contributed by atoms with E-state index in [2.05, 4.69) is 26.1 Å². The minimum atomic E-state index is -0.997. The summed E-state index contributed by atoms with van der Waals surface area (Å²) < 4.78 is 6.54. The van der Waals surface area contributed by atoms with Crippen LogP contribution in [0.3, 0.4) is 0 Å². The predicted molar refractivity (Wildman–Crippen MR) is 188 cm³/mol. The number of hydrogen-bond donors (Lipinski definition) is 3. The number of urea groups is 1. The lowest BCUT2D eigenvalue weighted by Crippen LogP contribution is -2.53. The Morgan fingerprint density at radius 2 is 1.57 bits per heavy atom. The summed E-state index contributed by atoms with van der Waals surface area (Å²) in [5, 5.41) is 23.6. The van der Waals surface area contributed by atoms with E-state index < -0.39 is 17.8 Å². The molecule has 3 saturated heterocycles. The molecule has 4 heterocycles. The lowest BCUT2D eigenvalue weighted by molar-refractivity contribution is -0.142. The van der Waals surface area contributed by atoms with E-state index in [4.69, 9.17) is 4.74 Å². The average molecular weight is 739 g/mol. The van der Waals surface area contributed by atoms with Crippen LogP contribution >= 0.6 is 15.9 Å². The fraction of sp³-hybridized carbons (Fsp3) is 0.595. The minimum Gasteiger partial charge on any atom is -0.507 e. The Labute approximate surface area is 296 Å². The molecule has 0 aromatic heterocycles. The molecule has 0 bridgehead atoms. The van der Waals surface area contributed by atoms with Crippen LogP contribution < -0.4 is 5.32 Å². The van der Waals surface area contributed by atoms with Crippen LogP contribution in [0.2, 0.25) is 0 Å². The molecule has 7 rings (SSSR count). The number of phenolic OH excluding ortho intramolecular Hbond substituents is 1. The van der Waals surface area contributed by atoms with Crippen molar-refractivity contribution in [3.05, 3.63) is 58.1 Å². The van der Waals surface area contributed by atoms with Gasteiger partial charge in [0.25, 0.3) is 5.91 Å². The Balaban J connectivity index is 0.949. The van der Waals surface area contributed by atoms with Crippen LogP contribution in [-0.4, -0.2) is 117 Å². The van der Waals surface area contributed by atoms with Gasteiger partial charge in [-0.2, -0.15) is 0 Å². The molecular formula is C37H48BrN5O6. The van der Waals surface area contributed by atoms with Crippen molar-refractivity contribution < 1.29 is 29.3 Å². The Bertz CT molecular complexity index is 1530. The van der Waals surface area contributed by atoms with Crippen LogP contribution in [-0.2, 0) is 22.4 Å². The van der Waals surface area contributed by atoms with Gasteiger partial charge in [0.2, 0.25) is 0 Å². The maximum Gasteiger partial charge on any atom is 0.410 e. The van der Waals surface area contributed by atoms with Gasteiger partial charge in [-0.25, -0.2) is 9.59 Å². The monoisotopic (exact) mass is 737 g/mol. The molecule has 1 atom stereocenters. The van der Waals surface area contributed by atoms with Crippen LogP contribution in [0.15, 0.2) is 46.9 Å². The van der Waals surface area contributed by atoms with Crippen molar-refractivity contribution in [2.75, 3.05) is 51.1 Å². The van der Waals surface area contributed by atoms with Gasteiger partial charge in [0.05, 0.1) is 10.1 Å². The predicted octanol–water partition coefficient (Wildman–Crippen LogP) is 4.98. The number of carbonyl (C=O) groups excluding carboxylic acids is 3. The first kappa shape index (κ1) is 34.1. The number of hydrogen-bond acceptors (Lipinski definition) is 7. The summed E-state index contributed by atoms with van der Waals surface area (Å²) in [6.45, 7) is 4.69. The molecule has 0 unspecified atom stereocenters. The highest BCUT2D eigenvalue weighted by molar-refractivity contribution is 9.10. The van der Waals surface area contributed by atoms with Gasteiger partial charge in [0.15, 0.2) is 6.10 Å². The molecule has 4 aliphatic heterocycles. The normalized spacial score (nSPS) is 23.0. The fourth-order valence-electron chi connectivity index (χ4n) is 8.36. The van der Waals surface area contributed by atoms with Gasteiger partial charge < -0.3 is 39.9 Å². The molecule has 4 fully saturated rings. The Morgan fingerprint density at radius 1 is 0.898 bits per heavy atom. The molecule has 264 valence electrons.